The van der Waals surface area contributed by atoms with Crippen LogP contribution in [0.2, 0.25) is 0 Å². The van der Waals surface area contributed by atoms with E-state index in [2.05, 4.69) is 5.10 Å². The summed E-state index contributed by atoms with van der Waals surface area (Å²) >= 11 is 0. The van der Waals surface area contributed by atoms with Crippen LogP contribution in [0.1, 0.15) is 17.3 Å². The van der Waals surface area contributed by atoms with Gasteiger partial charge in [-0.1, -0.05) is 12.1 Å². The summed E-state index contributed by atoms with van der Waals surface area (Å²) in [7, 11) is 1.70. The number of aldehydes is 1. The number of nitrogen functional groups attached to an aromatic ring is 1. The molecule has 0 amide bonds. The standard InChI is InChI=1S/C13H15N3O2/c1-3-18-11-7-5-4-6-9(11)12-10(8-17)13(14)16(2)15-12/h4-8H,3,14H2,1-2H3. The molecule has 0 spiro atoms. The zero-order valence-electron chi connectivity index (χ0n) is 10.4. The molecule has 0 saturated carbocycles. The van der Waals surface area contributed by atoms with Crippen LogP contribution < -0.4 is 10.5 Å². The molecule has 1 heterocycles. The molecular formula is C13H15N3O2. The van der Waals surface area contributed by atoms with Crippen LogP contribution in [0.25, 0.3) is 11.3 Å². The number of nitrogens with two attached hydrogens (primary N) is 1. The lowest BCUT2D eigenvalue weighted by atomic mass is 10.1. The van der Waals surface area contributed by atoms with E-state index in [4.69, 9.17) is 10.5 Å². The lowest BCUT2D eigenvalue weighted by molar-refractivity contribution is 0.112. The quantitative estimate of drug-likeness (QED) is 0.835. The Labute approximate surface area is 105 Å². The Bertz CT molecular complexity index is 576. The van der Waals surface area contributed by atoms with Gasteiger partial charge in [0, 0.05) is 12.6 Å². The van der Waals surface area contributed by atoms with Crippen molar-refractivity contribution in [3.63, 3.8) is 0 Å². The molecule has 2 rings (SSSR count). The predicted molar refractivity (Wildman–Crippen MR) is 69.6 cm³/mol. The molecule has 0 aliphatic rings. The minimum atomic E-state index is 0.353. The predicted octanol–water partition coefficient (Wildman–Crippen LogP) is 1.88. The fraction of sp³-hybridized carbons (Fsp3) is 0.231. The average Bonchev–Trinajstić information content (AvgIpc) is 2.66. The normalized spacial score (nSPS) is 10.3. The lowest BCUT2D eigenvalue weighted by Gasteiger charge is -2.08. The van der Waals surface area contributed by atoms with Crippen molar-refractivity contribution in [3.8, 4) is 17.0 Å². The molecule has 2 N–H and O–H groups in total. The van der Waals surface area contributed by atoms with Gasteiger partial charge in [0.05, 0.1) is 12.2 Å². The summed E-state index contributed by atoms with van der Waals surface area (Å²) in [4.78, 5) is 11.1. The van der Waals surface area contributed by atoms with Gasteiger partial charge in [0.2, 0.25) is 0 Å². The highest BCUT2D eigenvalue weighted by atomic mass is 16.5. The van der Waals surface area contributed by atoms with Crippen LogP contribution in [0.3, 0.4) is 0 Å². The van der Waals surface area contributed by atoms with E-state index in [0.717, 1.165) is 11.8 Å². The van der Waals surface area contributed by atoms with Crippen LogP contribution >= 0.6 is 0 Å². The molecular weight excluding hydrogens is 230 g/mol. The molecule has 0 atom stereocenters. The van der Waals surface area contributed by atoms with Crippen LogP contribution in [-0.2, 0) is 7.05 Å². The first kappa shape index (κ1) is 12.2. The average molecular weight is 245 g/mol. The highest BCUT2D eigenvalue weighted by Gasteiger charge is 2.17. The summed E-state index contributed by atoms with van der Waals surface area (Å²) in [5.74, 6) is 1.05. The maximum atomic E-state index is 11.1. The molecule has 18 heavy (non-hydrogen) atoms. The lowest BCUT2D eigenvalue weighted by Crippen LogP contribution is -1.98. The summed E-state index contributed by atoms with van der Waals surface area (Å²) < 4.78 is 7.02. The number of hydrogen-bond donors (Lipinski definition) is 1. The zero-order chi connectivity index (χ0) is 13.1. The van der Waals surface area contributed by atoms with Crippen LogP contribution in [0.4, 0.5) is 5.82 Å². The second-order valence-electron chi connectivity index (χ2n) is 3.82. The SMILES string of the molecule is CCOc1ccccc1-c1nn(C)c(N)c1C=O. The second-order valence-corrected chi connectivity index (χ2v) is 3.82. The molecule has 5 nitrogen and oxygen atoms in total. The molecule has 0 unspecified atom stereocenters. The molecule has 0 fully saturated rings. The second kappa shape index (κ2) is 4.91. The monoisotopic (exact) mass is 245 g/mol. The van der Waals surface area contributed by atoms with Gasteiger partial charge in [0.15, 0.2) is 6.29 Å². The Morgan fingerprint density at radius 3 is 2.83 bits per heavy atom. The summed E-state index contributed by atoms with van der Waals surface area (Å²) in [5, 5.41) is 4.27. The molecule has 0 radical (unpaired) electrons. The number of rotatable bonds is 4. The van der Waals surface area contributed by atoms with Crippen molar-refractivity contribution in [1.82, 2.24) is 9.78 Å². The fourth-order valence-electron chi connectivity index (χ4n) is 1.81. The smallest absolute Gasteiger partial charge is 0.156 e. The third-order valence-corrected chi connectivity index (χ3v) is 2.69. The molecule has 0 aliphatic heterocycles. The maximum Gasteiger partial charge on any atom is 0.156 e. The molecule has 5 heteroatoms. The van der Waals surface area contributed by atoms with E-state index in [1.165, 1.54) is 4.68 Å². The van der Waals surface area contributed by atoms with E-state index in [0.29, 0.717) is 29.4 Å². The Morgan fingerprint density at radius 2 is 2.17 bits per heavy atom. The highest BCUT2D eigenvalue weighted by molar-refractivity contribution is 5.92. The first-order valence-electron chi connectivity index (χ1n) is 5.68. The van der Waals surface area contributed by atoms with Crippen LogP contribution in [0, 0.1) is 0 Å². The number of benzene rings is 1. The minimum absolute atomic E-state index is 0.353. The molecule has 2 aromatic rings. The maximum absolute atomic E-state index is 11.1. The Morgan fingerprint density at radius 1 is 1.44 bits per heavy atom. The highest BCUT2D eigenvalue weighted by Crippen LogP contribution is 2.32. The summed E-state index contributed by atoms with van der Waals surface area (Å²) in [5.41, 5.74) is 7.52. The van der Waals surface area contributed by atoms with Gasteiger partial charge in [-0.3, -0.25) is 9.48 Å². The molecule has 0 saturated heterocycles. The van der Waals surface area contributed by atoms with Gasteiger partial charge < -0.3 is 10.5 Å². The summed E-state index contributed by atoms with van der Waals surface area (Å²) in [6, 6.07) is 7.46. The molecule has 0 bridgehead atoms. The van der Waals surface area contributed by atoms with E-state index in [-0.39, 0.29) is 0 Å². The van der Waals surface area contributed by atoms with Gasteiger partial charge in [-0.05, 0) is 19.1 Å². The number of carbonyl (C=O) groups is 1. The fourth-order valence-corrected chi connectivity index (χ4v) is 1.81. The first-order chi connectivity index (χ1) is 8.69. The topological polar surface area (TPSA) is 70.1 Å². The molecule has 94 valence electrons. The minimum Gasteiger partial charge on any atom is -0.493 e. The Hall–Kier alpha value is -2.30. The summed E-state index contributed by atoms with van der Waals surface area (Å²) in [6.45, 7) is 2.46. The van der Waals surface area contributed by atoms with E-state index >= 15 is 0 Å². The Balaban J connectivity index is 2.61. The van der Waals surface area contributed by atoms with E-state index in [9.17, 15) is 4.79 Å². The van der Waals surface area contributed by atoms with Crippen molar-refractivity contribution < 1.29 is 9.53 Å². The molecule has 1 aromatic carbocycles. The van der Waals surface area contributed by atoms with Crippen molar-refractivity contribution in [2.24, 2.45) is 7.05 Å². The van der Waals surface area contributed by atoms with Crippen LogP contribution in [0.5, 0.6) is 5.75 Å². The number of ether oxygens (including phenoxy) is 1. The van der Waals surface area contributed by atoms with Crippen LogP contribution in [0.15, 0.2) is 24.3 Å². The third kappa shape index (κ3) is 1.95. The molecule has 1 aromatic heterocycles. The van der Waals surface area contributed by atoms with Crippen LogP contribution in [-0.4, -0.2) is 22.7 Å². The van der Waals surface area contributed by atoms with E-state index < -0.39 is 0 Å². The van der Waals surface area contributed by atoms with Gasteiger partial charge in [0.1, 0.15) is 17.3 Å². The number of nitrogens with zero attached hydrogens (tertiary/aromatic N) is 2. The third-order valence-electron chi connectivity index (χ3n) is 2.69. The van der Waals surface area contributed by atoms with Crippen molar-refractivity contribution in [2.75, 3.05) is 12.3 Å². The number of aryl methyl sites for hydroxylation is 1. The van der Waals surface area contributed by atoms with E-state index in [1.54, 1.807) is 7.05 Å². The van der Waals surface area contributed by atoms with Gasteiger partial charge in [-0.15, -0.1) is 0 Å². The Kier molecular flexibility index (Phi) is 3.32. The number of carbonyl (C=O) groups excluding carboxylic acids is 1. The zero-order valence-corrected chi connectivity index (χ0v) is 10.4. The van der Waals surface area contributed by atoms with Gasteiger partial charge in [0.25, 0.3) is 0 Å². The van der Waals surface area contributed by atoms with Crippen molar-refractivity contribution in [1.29, 1.82) is 0 Å². The van der Waals surface area contributed by atoms with E-state index in [1.807, 2.05) is 31.2 Å². The number of para-hydroxylation sites is 1. The van der Waals surface area contributed by atoms with Gasteiger partial charge in [-0.2, -0.15) is 5.10 Å². The van der Waals surface area contributed by atoms with Crippen molar-refractivity contribution >= 4 is 12.1 Å². The van der Waals surface area contributed by atoms with Crippen molar-refractivity contribution in [2.45, 2.75) is 6.92 Å². The van der Waals surface area contributed by atoms with Gasteiger partial charge >= 0.3 is 0 Å². The number of aromatic nitrogens is 2. The van der Waals surface area contributed by atoms with Gasteiger partial charge in [-0.25, -0.2) is 0 Å². The summed E-state index contributed by atoms with van der Waals surface area (Å²) in [6.07, 6.45) is 0.723. The number of hydrogen-bond acceptors (Lipinski definition) is 4. The number of anilines is 1. The molecule has 0 aliphatic carbocycles. The first-order valence-corrected chi connectivity index (χ1v) is 5.68. The van der Waals surface area contributed by atoms with Crippen molar-refractivity contribution in [3.05, 3.63) is 29.8 Å². The largest absolute Gasteiger partial charge is 0.493 e.